The highest BCUT2D eigenvalue weighted by Crippen LogP contribution is 2.47. The molecule has 126 valence electrons. The Morgan fingerprint density at radius 2 is 2.04 bits per heavy atom. The van der Waals surface area contributed by atoms with Crippen LogP contribution in [0.2, 0.25) is 0 Å². The fourth-order valence-corrected chi connectivity index (χ4v) is 3.47. The van der Waals surface area contributed by atoms with E-state index in [1.54, 1.807) is 0 Å². The summed E-state index contributed by atoms with van der Waals surface area (Å²) in [5, 5.41) is 13.8. The Morgan fingerprint density at radius 1 is 1.33 bits per heavy atom. The van der Waals surface area contributed by atoms with Crippen molar-refractivity contribution in [2.45, 2.75) is 38.6 Å². The Bertz CT molecular complexity index is 752. The van der Waals surface area contributed by atoms with Gasteiger partial charge < -0.3 is 10.4 Å². The molecule has 1 aromatic heterocycles. The molecule has 3 rings (SSSR count). The van der Waals surface area contributed by atoms with Crippen LogP contribution in [0.4, 0.5) is 0 Å². The van der Waals surface area contributed by atoms with Gasteiger partial charge in [-0.2, -0.15) is 0 Å². The second-order valence-corrected chi connectivity index (χ2v) is 7.36. The summed E-state index contributed by atoms with van der Waals surface area (Å²) in [6.07, 6.45) is 0.866. The molecule has 0 spiro atoms. The summed E-state index contributed by atoms with van der Waals surface area (Å²) in [6, 6.07) is 8.51. The van der Waals surface area contributed by atoms with Crippen molar-refractivity contribution in [2.75, 3.05) is 0 Å². The van der Waals surface area contributed by atoms with Gasteiger partial charge in [0.1, 0.15) is 5.01 Å². The van der Waals surface area contributed by atoms with Gasteiger partial charge in [-0.25, -0.2) is 9.78 Å². The maximum absolute atomic E-state index is 12.2. The van der Waals surface area contributed by atoms with Gasteiger partial charge in [0.05, 0.1) is 6.54 Å². The van der Waals surface area contributed by atoms with Crippen LogP contribution in [-0.4, -0.2) is 22.0 Å². The average molecular weight is 344 g/mol. The molecule has 0 saturated heterocycles. The standard InChI is InChI=1S/C18H20N2O3S/c1-10(2)11-3-5-12(6-4-11)13-7-14(13)17(21)19-8-16-20-15(9-24-16)18(22)23/h3-6,9-10,13-14H,7-8H2,1-2H3,(H,19,21)(H,22,23)/t13-,14-/m1/s1. The highest BCUT2D eigenvalue weighted by atomic mass is 32.1. The van der Waals surface area contributed by atoms with Crippen molar-refractivity contribution in [1.82, 2.24) is 10.3 Å². The zero-order valence-electron chi connectivity index (χ0n) is 13.7. The molecule has 2 aromatic rings. The number of benzene rings is 1. The molecule has 1 heterocycles. The third-order valence-electron chi connectivity index (χ3n) is 4.34. The molecule has 1 aliphatic carbocycles. The van der Waals surface area contributed by atoms with Crippen LogP contribution in [0.3, 0.4) is 0 Å². The van der Waals surface area contributed by atoms with Gasteiger partial charge in [0.2, 0.25) is 5.91 Å². The molecule has 1 aromatic carbocycles. The SMILES string of the molecule is CC(C)c1ccc([C@H]2C[C@H]2C(=O)NCc2nc(C(=O)O)cs2)cc1. The van der Waals surface area contributed by atoms with Crippen LogP contribution >= 0.6 is 11.3 Å². The molecule has 1 fully saturated rings. The number of aromatic carboxylic acids is 1. The predicted octanol–water partition coefficient (Wildman–Crippen LogP) is 3.38. The van der Waals surface area contributed by atoms with Crippen LogP contribution in [0.1, 0.15) is 58.7 Å². The Morgan fingerprint density at radius 3 is 2.62 bits per heavy atom. The highest BCUT2D eigenvalue weighted by molar-refractivity contribution is 7.09. The number of carbonyl (C=O) groups excluding carboxylic acids is 1. The number of hydrogen-bond donors (Lipinski definition) is 2. The van der Waals surface area contributed by atoms with E-state index in [1.165, 1.54) is 27.8 Å². The monoisotopic (exact) mass is 344 g/mol. The van der Waals surface area contributed by atoms with Crippen molar-refractivity contribution >= 4 is 23.2 Å². The van der Waals surface area contributed by atoms with Gasteiger partial charge in [-0.1, -0.05) is 38.1 Å². The van der Waals surface area contributed by atoms with Crippen molar-refractivity contribution in [1.29, 1.82) is 0 Å². The van der Waals surface area contributed by atoms with Crippen LogP contribution in [-0.2, 0) is 11.3 Å². The predicted molar refractivity (Wildman–Crippen MR) is 92.3 cm³/mol. The number of hydrogen-bond acceptors (Lipinski definition) is 4. The van der Waals surface area contributed by atoms with E-state index in [0.29, 0.717) is 10.9 Å². The molecule has 0 radical (unpaired) electrons. The van der Waals surface area contributed by atoms with Crippen LogP contribution in [0.15, 0.2) is 29.6 Å². The quantitative estimate of drug-likeness (QED) is 0.842. The molecular weight excluding hydrogens is 324 g/mol. The van der Waals surface area contributed by atoms with E-state index in [2.05, 4.69) is 48.4 Å². The number of carboxylic acid groups (broad SMARTS) is 1. The fraction of sp³-hybridized carbons (Fsp3) is 0.389. The number of nitrogens with zero attached hydrogens (tertiary/aromatic N) is 1. The van der Waals surface area contributed by atoms with E-state index in [-0.39, 0.29) is 30.0 Å². The number of carbonyl (C=O) groups is 2. The molecule has 6 heteroatoms. The van der Waals surface area contributed by atoms with Gasteiger partial charge >= 0.3 is 5.97 Å². The third-order valence-corrected chi connectivity index (χ3v) is 5.19. The summed E-state index contributed by atoms with van der Waals surface area (Å²) in [4.78, 5) is 27.0. The maximum Gasteiger partial charge on any atom is 0.355 e. The number of rotatable bonds is 6. The van der Waals surface area contributed by atoms with Gasteiger partial charge in [-0.05, 0) is 29.4 Å². The molecule has 0 bridgehead atoms. The molecule has 1 amide bonds. The average Bonchev–Trinajstić information content (AvgIpc) is 3.22. The topological polar surface area (TPSA) is 79.3 Å². The van der Waals surface area contributed by atoms with Crippen molar-refractivity contribution < 1.29 is 14.7 Å². The Hall–Kier alpha value is -2.21. The zero-order valence-corrected chi connectivity index (χ0v) is 14.5. The first-order valence-corrected chi connectivity index (χ1v) is 8.89. The number of nitrogens with one attached hydrogen (secondary N) is 1. The first-order valence-electron chi connectivity index (χ1n) is 8.01. The molecule has 2 N–H and O–H groups in total. The summed E-state index contributed by atoms with van der Waals surface area (Å²) in [6.45, 7) is 4.61. The number of carboxylic acids is 1. The first kappa shape index (κ1) is 16.6. The van der Waals surface area contributed by atoms with Gasteiger partial charge in [0, 0.05) is 11.3 Å². The molecule has 1 saturated carbocycles. The Kier molecular flexibility index (Phi) is 4.66. The van der Waals surface area contributed by atoms with E-state index >= 15 is 0 Å². The summed E-state index contributed by atoms with van der Waals surface area (Å²) in [7, 11) is 0. The van der Waals surface area contributed by atoms with Crippen molar-refractivity contribution in [2.24, 2.45) is 5.92 Å². The maximum atomic E-state index is 12.2. The zero-order chi connectivity index (χ0) is 17.3. The molecule has 1 aliphatic rings. The molecule has 5 nitrogen and oxygen atoms in total. The molecule has 24 heavy (non-hydrogen) atoms. The number of amides is 1. The minimum absolute atomic E-state index is 0.00815. The summed E-state index contributed by atoms with van der Waals surface area (Å²) in [5.74, 6) is -0.229. The molecular formula is C18H20N2O3S. The van der Waals surface area contributed by atoms with E-state index in [4.69, 9.17) is 5.11 Å². The highest BCUT2D eigenvalue weighted by Gasteiger charge is 2.43. The molecule has 2 atom stereocenters. The Labute approximate surface area is 144 Å². The lowest BCUT2D eigenvalue weighted by Gasteiger charge is -2.07. The number of thiazole rings is 1. The van der Waals surface area contributed by atoms with E-state index in [9.17, 15) is 9.59 Å². The van der Waals surface area contributed by atoms with Crippen LogP contribution in [0.5, 0.6) is 0 Å². The van der Waals surface area contributed by atoms with E-state index < -0.39 is 5.97 Å². The second-order valence-electron chi connectivity index (χ2n) is 6.42. The largest absolute Gasteiger partial charge is 0.476 e. The summed E-state index contributed by atoms with van der Waals surface area (Å²) < 4.78 is 0. The first-order chi connectivity index (χ1) is 11.5. The van der Waals surface area contributed by atoms with Crippen LogP contribution in [0.25, 0.3) is 0 Å². The number of aromatic nitrogens is 1. The van der Waals surface area contributed by atoms with Crippen molar-refractivity contribution in [3.8, 4) is 0 Å². The van der Waals surface area contributed by atoms with E-state index in [0.717, 1.165) is 6.42 Å². The van der Waals surface area contributed by atoms with Crippen molar-refractivity contribution in [3.05, 3.63) is 51.5 Å². The van der Waals surface area contributed by atoms with Crippen LogP contribution < -0.4 is 5.32 Å². The fourth-order valence-electron chi connectivity index (χ4n) is 2.77. The molecule has 0 unspecified atom stereocenters. The molecule has 0 aliphatic heterocycles. The normalized spacial score (nSPS) is 19.3. The van der Waals surface area contributed by atoms with Gasteiger partial charge in [-0.15, -0.1) is 11.3 Å². The lowest BCUT2D eigenvalue weighted by Crippen LogP contribution is -2.24. The van der Waals surface area contributed by atoms with Crippen molar-refractivity contribution in [3.63, 3.8) is 0 Å². The summed E-state index contributed by atoms with van der Waals surface area (Å²) >= 11 is 1.25. The third kappa shape index (κ3) is 3.64. The van der Waals surface area contributed by atoms with E-state index in [1.807, 2.05) is 0 Å². The second kappa shape index (κ2) is 6.73. The van der Waals surface area contributed by atoms with Gasteiger partial charge in [-0.3, -0.25) is 4.79 Å². The minimum atomic E-state index is -1.05. The minimum Gasteiger partial charge on any atom is -0.476 e. The lowest BCUT2D eigenvalue weighted by molar-refractivity contribution is -0.122. The Balaban J connectivity index is 1.52. The van der Waals surface area contributed by atoms with Gasteiger partial charge in [0.15, 0.2) is 5.69 Å². The lowest BCUT2D eigenvalue weighted by atomic mass is 10.00. The smallest absolute Gasteiger partial charge is 0.355 e. The summed E-state index contributed by atoms with van der Waals surface area (Å²) in [5.41, 5.74) is 2.54. The van der Waals surface area contributed by atoms with Crippen LogP contribution in [0, 0.1) is 5.92 Å². The van der Waals surface area contributed by atoms with Gasteiger partial charge in [0.25, 0.3) is 0 Å².